The lowest BCUT2D eigenvalue weighted by molar-refractivity contribution is -0.122. The quantitative estimate of drug-likeness (QED) is 0.817. The van der Waals surface area contributed by atoms with Crippen LogP contribution in [-0.4, -0.2) is 23.5 Å². The Labute approximate surface area is 141 Å². The molecule has 1 atom stereocenters. The van der Waals surface area contributed by atoms with E-state index in [1.165, 1.54) is 0 Å². The Morgan fingerprint density at radius 3 is 2.88 bits per heavy atom. The number of ether oxygens (including phenoxy) is 1. The Balaban J connectivity index is 2.10. The SMILES string of the molecule is CCCNc1ccc(C#N)cc1NC(=O)[C@@H](C)Oc1cccnc1. The Morgan fingerprint density at radius 2 is 2.21 bits per heavy atom. The van der Waals surface area contributed by atoms with Crippen LogP contribution in [0.1, 0.15) is 25.8 Å². The maximum absolute atomic E-state index is 12.4. The second-order valence-corrected chi connectivity index (χ2v) is 5.24. The first kappa shape index (κ1) is 17.3. The van der Waals surface area contributed by atoms with Crippen LogP contribution < -0.4 is 15.4 Å². The van der Waals surface area contributed by atoms with Crippen molar-refractivity contribution in [2.45, 2.75) is 26.4 Å². The van der Waals surface area contributed by atoms with E-state index >= 15 is 0 Å². The topological polar surface area (TPSA) is 87.0 Å². The molecule has 2 rings (SSSR count). The van der Waals surface area contributed by atoms with Gasteiger partial charge in [-0.3, -0.25) is 9.78 Å². The van der Waals surface area contributed by atoms with Crippen molar-refractivity contribution in [1.82, 2.24) is 4.98 Å². The first-order valence-corrected chi connectivity index (χ1v) is 7.79. The number of pyridine rings is 1. The highest BCUT2D eigenvalue weighted by Crippen LogP contribution is 2.23. The number of carbonyl (C=O) groups excluding carboxylic acids is 1. The summed E-state index contributed by atoms with van der Waals surface area (Å²) in [5.41, 5.74) is 1.82. The molecule has 0 fully saturated rings. The zero-order valence-electron chi connectivity index (χ0n) is 13.7. The van der Waals surface area contributed by atoms with Gasteiger partial charge in [0.05, 0.1) is 29.2 Å². The van der Waals surface area contributed by atoms with E-state index in [4.69, 9.17) is 10.00 Å². The van der Waals surface area contributed by atoms with Crippen molar-refractivity contribution in [2.75, 3.05) is 17.2 Å². The number of anilines is 2. The number of nitriles is 1. The van der Waals surface area contributed by atoms with Gasteiger partial charge in [-0.1, -0.05) is 6.92 Å². The number of rotatable bonds is 7. The number of hydrogen-bond acceptors (Lipinski definition) is 5. The van der Waals surface area contributed by atoms with Crippen molar-refractivity contribution >= 4 is 17.3 Å². The van der Waals surface area contributed by atoms with Crippen LogP contribution in [0.3, 0.4) is 0 Å². The molecule has 1 aromatic carbocycles. The molecule has 1 amide bonds. The molecule has 0 radical (unpaired) electrons. The van der Waals surface area contributed by atoms with E-state index in [2.05, 4.69) is 28.6 Å². The second kappa shape index (κ2) is 8.53. The molecule has 0 saturated heterocycles. The third-order valence-electron chi connectivity index (χ3n) is 3.29. The fourth-order valence-electron chi connectivity index (χ4n) is 2.04. The molecule has 0 spiro atoms. The van der Waals surface area contributed by atoms with Crippen molar-refractivity contribution in [3.63, 3.8) is 0 Å². The van der Waals surface area contributed by atoms with Gasteiger partial charge in [-0.15, -0.1) is 0 Å². The van der Waals surface area contributed by atoms with Gasteiger partial charge in [0.1, 0.15) is 5.75 Å². The fraction of sp³-hybridized carbons (Fsp3) is 0.278. The number of nitrogens with zero attached hydrogens (tertiary/aromatic N) is 2. The molecule has 1 aromatic heterocycles. The predicted octanol–water partition coefficient (Wildman–Crippen LogP) is 3.18. The molecule has 1 heterocycles. The summed E-state index contributed by atoms with van der Waals surface area (Å²) in [7, 11) is 0. The van der Waals surface area contributed by atoms with E-state index in [9.17, 15) is 4.79 Å². The molecule has 0 bridgehead atoms. The van der Waals surface area contributed by atoms with Gasteiger partial charge in [0.2, 0.25) is 0 Å². The number of benzene rings is 1. The minimum absolute atomic E-state index is 0.298. The summed E-state index contributed by atoms with van der Waals surface area (Å²) in [6, 6.07) is 10.7. The monoisotopic (exact) mass is 324 g/mol. The summed E-state index contributed by atoms with van der Waals surface area (Å²) in [4.78, 5) is 16.3. The molecular weight excluding hydrogens is 304 g/mol. The molecule has 6 heteroatoms. The lowest BCUT2D eigenvalue weighted by atomic mass is 10.1. The summed E-state index contributed by atoms with van der Waals surface area (Å²) < 4.78 is 5.57. The maximum atomic E-state index is 12.4. The molecule has 0 aliphatic rings. The molecule has 0 saturated carbocycles. The van der Waals surface area contributed by atoms with Gasteiger partial charge in [-0.2, -0.15) is 5.26 Å². The van der Waals surface area contributed by atoms with Crippen molar-refractivity contribution in [3.05, 3.63) is 48.3 Å². The largest absolute Gasteiger partial charge is 0.479 e. The van der Waals surface area contributed by atoms with E-state index in [-0.39, 0.29) is 5.91 Å². The normalized spacial score (nSPS) is 11.2. The molecule has 0 aliphatic heterocycles. The van der Waals surface area contributed by atoms with E-state index in [0.29, 0.717) is 17.0 Å². The predicted molar refractivity (Wildman–Crippen MR) is 92.9 cm³/mol. The highest BCUT2D eigenvalue weighted by molar-refractivity contribution is 5.97. The van der Waals surface area contributed by atoms with Crippen LogP contribution in [0.5, 0.6) is 5.75 Å². The standard InChI is InChI=1S/C18H20N4O2/c1-3-8-21-16-7-6-14(11-19)10-17(16)22-18(23)13(2)24-15-5-4-9-20-12-15/h4-7,9-10,12-13,21H,3,8H2,1-2H3,(H,22,23)/t13-/m1/s1. The smallest absolute Gasteiger partial charge is 0.265 e. The van der Waals surface area contributed by atoms with E-state index in [0.717, 1.165) is 18.7 Å². The number of carbonyl (C=O) groups is 1. The second-order valence-electron chi connectivity index (χ2n) is 5.24. The molecule has 0 aliphatic carbocycles. The van der Waals surface area contributed by atoms with Gasteiger partial charge >= 0.3 is 0 Å². The Kier molecular flexibility index (Phi) is 6.15. The third-order valence-corrected chi connectivity index (χ3v) is 3.29. The van der Waals surface area contributed by atoms with Gasteiger partial charge in [-0.05, 0) is 43.7 Å². The Morgan fingerprint density at radius 1 is 1.38 bits per heavy atom. The van der Waals surface area contributed by atoms with Gasteiger partial charge in [0.25, 0.3) is 5.91 Å². The van der Waals surface area contributed by atoms with Gasteiger partial charge < -0.3 is 15.4 Å². The molecular formula is C18H20N4O2. The van der Waals surface area contributed by atoms with E-state index in [1.54, 1.807) is 49.6 Å². The minimum atomic E-state index is -0.695. The molecule has 24 heavy (non-hydrogen) atoms. The zero-order chi connectivity index (χ0) is 17.4. The fourth-order valence-corrected chi connectivity index (χ4v) is 2.04. The number of aromatic nitrogens is 1. The lowest BCUT2D eigenvalue weighted by Gasteiger charge is -2.17. The summed E-state index contributed by atoms with van der Waals surface area (Å²) in [5, 5.41) is 15.1. The molecule has 6 nitrogen and oxygen atoms in total. The first-order chi connectivity index (χ1) is 11.6. The van der Waals surface area contributed by atoms with E-state index < -0.39 is 6.10 Å². The molecule has 2 N–H and O–H groups in total. The van der Waals surface area contributed by atoms with Crippen molar-refractivity contribution in [3.8, 4) is 11.8 Å². The minimum Gasteiger partial charge on any atom is -0.479 e. The summed E-state index contributed by atoms with van der Waals surface area (Å²) in [6.07, 6.45) is 3.44. The van der Waals surface area contributed by atoms with Crippen molar-refractivity contribution in [1.29, 1.82) is 5.26 Å². The average molecular weight is 324 g/mol. The Bertz CT molecular complexity index is 726. The van der Waals surface area contributed by atoms with Crippen LogP contribution in [0.25, 0.3) is 0 Å². The maximum Gasteiger partial charge on any atom is 0.265 e. The van der Waals surface area contributed by atoms with Gasteiger partial charge in [0.15, 0.2) is 6.10 Å². The first-order valence-electron chi connectivity index (χ1n) is 7.79. The summed E-state index contributed by atoms with van der Waals surface area (Å²) >= 11 is 0. The number of amides is 1. The summed E-state index contributed by atoms with van der Waals surface area (Å²) in [6.45, 7) is 4.49. The molecule has 124 valence electrons. The van der Waals surface area contributed by atoms with Crippen LogP contribution in [0.2, 0.25) is 0 Å². The van der Waals surface area contributed by atoms with Crippen LogP contribution in [0.15, 0.2) is 42.7 Å². The summed E-state index contributed by atoms with van der Waals surface area (Å²) in [5.74, 6) is 0.226. The van der Waals surface area contributed by atoms with E-state index in [1.807, 2.05) is 0 Å². The third kappa shape index (κ3) is 4.71. The Hall–Kier alpha value is -3.07. The zero-order valence-corrected chi connectivity index (χ0v) is 13.7. The average Bonchev–Trinajstić information content (AvgIpc) is 2.61. The molecule has 2 aromatic rings. The van der Waals surface area contributed by atoms with Gasteiger partial charge in [0, 0.05) is 12.7 Å². The number of nitrogens with one attached hydrogen (secondary N) is 2. The van der Waals surface area contributed by atoms with Crippen LogP contribution in [0.4, 0.5) is 11.4 Å². The van der Waals surface area contributed by atoms with Crippen LogP contribution >= 0.6 is 0 Å². The molecule has 0 unspecified atom stereocenters. The highest BCUT2D eigenvalue weighted by Gasteiger charge is 2.16. The number of hydrogen-bond donors (Lipinski definition) is 2. The van der Waals surface area contributed by atoms with Crippen molar-refractivity contribution < 1.29 is 9.53 Å². The van der Waals surface area contributed by atoms with Crippen LogP contribution in [-0.2, 0) is 4.79 Å². The highest BCUT2D eigenvalue weighted by atomic mass is 16.5. The van der Waals surface area contributed by atoms with Crippen molar-refractivity contribution in [2.24, 2.45) is 0 Å². The lowest BCUT2D eigenvalue weighted by Crippen LogP contribution is -2.30. The van der Waals surface area contributed by atoms with Crippen LogP contribution in [0, 0.1) is 11.3 Å². The van der Waals surface area contributed by atoms with Gasteiger partial charge in [-0.25, -0.2) is 0 Å².